The zero-order chi connectivity index (χ0) is 28.0. The zero-order valence-corrected chi connectivity index (χ0v) is 22.0. The topological polar surface area (TPSA) is 61.6 Å². The number of carbonyl (C=O) groups excluding carboxylic acids is 1. The first-order valence-electron chi connectivity index (χ1n) is 12.7. The van der Waals surface area contributed by atoms with Crippen LogP contribution in [0, 0.1) is 13.8 Å². The lowest BCUT2D eigenvalue weighted by molar-refractivity contribution is -0.143. The number of carbonyl (C=O) groups is 1. The number of oxazole rings is 1. The van der Waals surface area contributed by atoms with Gasteiger partial charge in [-0.1, -0.05) is 36.4 Å². The maximum Gasteiger partial charge on any atom is 0.416 e. The number of nitrogens with zero attached hydrogens (tertiary/aromatic N) is 1. The minimum absolute atomic E-state index is 0.225. The molecule has 0 aliphatic rings. The second-order valence-corrected chi connectivity index (χ2v) is 9.23. The number of alkyl halides is 3. The van der Waals surface area contributed by atoms with Crippen molar-refractivity contribution in [3.05, 3.63) is 107 Å². The van der Waals surface area contributed by atoms with Crippen molar-refractivity contribution < 1.29 is 31.9 Å². The van der Waals surface area contributed by atoms with Crippen LogP contribution in [0.1, 0.15) is 53.2 Å². The molecule has 0 amide bonds. The molecule has 39 heavy (non-hydrogen) atoms. The molecule has 4 aromatic rings. The highest BCUT2D eigenvalue weighted by Gasteiger charge is 2.30. The van der Waals surface area contributed by atoms with E-state index in [0.717, 1.165) is 28.8 Å². The van der Waals surface area contributed by atoms with Crippen molar-refractivity contribution in [3.63, 3.8) is 0 Å². The molecular weight excluding hydrogens is 507 g/mol. The van der Waals surface area contributed by atoms with Gasteiger partial charge in [-0.3, -0.25) is 4.79 Å². The number of hydrogen-bond donors (Lipinski definition) is 0. The molecule has 3 aromatic carbocycles. The maximum atomic E-state index is 13.0. The first-order valence-corrected chi connectivity index (χ1v) is 12.7. The molecule has 0 saturated carbocycles. The number of halogens is 3. The summed E-state index contributed by atoms with van der Waals surface area (Å²) in [6.07, 6.45) is -3.59. The first-order chi connectivity index (χ1) is 18.6. The highest BCUT2D eigenvalue weighted by molar-refractivity contribution is 5.69. The van der Waals surface area contributed by atoms with E-state index in [4.69, 9.17) is 13.9 Å². The fraction of sp³-hybridized carbons (Fsp3) is 0.290. The quantitative estimate of drug-likeness (QED) is 0.193. The summed E-state index contributed by atoms with van der Waals surface area (Å²) in [7, 11) is 0. The van der Waals surface area contributed by atoms with E-state index < -0.39 is 17.8 Å². The van der Waals surface area contributed by atoms with E-state index in [-0.39, 0.29) is 11.9 Å². The van der Waals surface area contributed by atoms with Crippen LogP contribution in [0.4, 0.5) is 13.2 Å². The van der Waals surface area contributed by atoms with Gasteiger partial charge in [0.05, 0.1) is 17.9 Å². The van der Waals surface area contributed by atoms with Gasteiger partial charge in [0.25, 0.3) is 0 Å². The summed E-state index contributed by atoms with van der Waals surface area (Å²) in [5.74, 6) is 1.12. The SMILES string of the molecule is CCOC(=O)CCc1ccc(O[C@H](Cc2ccccc2)c2oc(-c3ccc(C(F)(F)F)cc3)nc2C)cc1C. The second kappa shape index (κ2) is 12.2. The van der Waals surface area contributed by atoms with Crippen molar-refractivity contribution in [2.45, 2.75) is 52.3 Å². The molecule has 204 valence electrons. The third-order valence-electron chi connectivity index (χ3n) is 6.34. The molecule has 4 rings (SSSR count). The summed E-state index contributed by atoms with van der Waals surface area (Å²) in [5.41, 5.74) is 3.33. The average Bonchev–Trinajstić information content (AvgIpc) is 3.29. The molecule has 0 saturated heterocycles. The fourth-order valence-corrected chi connectivity index (χ4v) is 4.30. The van der Waals surface area contributed by atoms with Gasteiger partial charge in [-0.05, 0) is 80.3 Å². The van der Waals surface area contributed by atoms with Crippen molar-refractivity contribution in [1.82, 2.24) is 4.98 Å². The highest BCUT2D eigenvalue weighted by atomic mass is 19.4. The summed E-state index contributed by atoms with van der Waals surface area (Å²) in [5, 5.41) is 0. The highest BCUT2D eigenvalue weighted by Crippen LogP contribution is 2.34. The molecule has 0 aliphatic carbocycles. The van der Waals surface area contributed by atoms with Crippen LogP contribution in [0.25, 0.3) is 11.5 Å². The van der Waals surface area contributed by atoms with Crippen LogP contribution in [0.15, 0.2) is 77.2 Å². The van der Waals surface area contributed by atoms with Gasteiger partial charge in [-0.15, -0.1) is 0 Å². The smallest absolute Gasteiger partial charge is 0.416 e. The van der Waals surface area contributed by atoms with Gasteiger partial charge >= 0.3 is 12.1 Å². The van der Waals surface area contributed by atoms with Gasteiger partial charge in [0, 0.05) is 18.4 Å². The Hall–Kier alpha value is -4.07. The third-order valence-corrected chi connectivity index (χ3v) is 6.34. The van der Waals surface area contributed by atoms with Crippen LogP contribution in [-0.4, -0.2) is 17.6 Å². The Balaban J connectivity index is 1.59. The van der Waals surface area contributed by atoms with E-state index in [1.165, 1.54) is 12.1 Å². The molecule has 0 fully saturated rings. The van der Waals surface area contributed by atoms with Gasteiger partial charge in [0.2, 0.25) is 5.89 Å². The number of rotatable bonds is 10. The normalized spacial score (nSPS) is 12.3. The predicted octanol–water partition coefficient (Wildman–Crippen LogP) is 7.84. The first kappa shape index (κ1) is 28.0. The third kappa shape index (κ3) is 7.28. The van der Waals surface area contributed by atoms with Gasteiger partial charge < -0.3 is 13.9 Å². The second-order valence-electron chi connectivity index (χ2n) is 9.23. The number of hydrogen-bond acceptors (Lipinski definition) is 5. The van der Waals surface area contributed by atoms with E-state index in [0.29, 0.717) is 48.6 Å². The summed E-state index contributed by atoms with van der Waals surface area (Å²) in [4.78, 5) is 16.2. The average molecular weight is 538 g/mol. The van der Waals surface area contributed by atoms with Crippen molar-refractivity contribution in [2.75, 3.05) is 6.61 Å². The van der Waals surface area contributed by atoms with Crippen LogP contribution in [0.5, 0.6) is 5.75 Å². The van der Waals surface area contributed by atoms with Crippen molar-refractivity contribution in [1.29, 1.82) is 0 Å². The van der Waals surface area contributed by atoms with E-state index in [9.17, 15) is 18.0 Å². The van der Waals surface area contributed by atoms with Crippen LogP contribution in [-0.2, 0) is 28.5 Å². The predicted molar refractivity (Wildman–Crippen MR) is 141 cm³/mol. The van der Waals surface area contributed by atoms with Crippen molar-refractivity contribution >= 4 is 5.97 Å². The van der Waals surface area contributed by atoms with E-state index >= 15 is 0 Å². The van der Waals surface area contributed by atoms with Crippen molar-refractivity contribution in [3.8, 4) is 17.2 Å². The summed E-state index contributed by atoms with van der Waals surface area (Å²) >= 11 is 0. The minimum atomic E-state index is -4.42. The lowest BCUT2D eigenvalue weighted by Crippen LogP contribution is -2.12. The van der Waals surface area contributed by atoms with E-state index in [1.54, 1.807) is 13.8 Å². The van der Waals surface area contributed by atoms with Crippen LogP contribution in [0.2, 0.25) is 0 Å². The molecular formula is C31H30F3NO4. The number of ether oxygens (including phenoxy) is 2. The zero-order valence-electron chi connectivity index (χ0n) is 22.0. The van der Waals surface area contributed by atoms with Gasteiger partial charge in [-0.2, -0.15) is 13.2 Å². The fourth-order valence-electron chi connectivity index (χ4n) is 4.30. The lowest BCUT2D eigenvalue weighted by atomic mass is 10.0. The number of aryl methyl sites for hydroxylation is 3. The lowest BCUT2D eigenvalue weighted by Gasteiger charge is -2.19. The Morgan fingerprint density at radius 1 is 1.00 bits per heavy atom. The number of esters is 1. The largest absolute Gasteiger partial charge is 0.482 e. The molecule has 1 atom stereocenters. The standard InChI is InChI=1S/C31H30F3NO4/c1-4-37-28(36)17-13-23-12-16-26(18-20(23)2)38-27(19-22-8-6-5-7-9-22)29-21(3)35-30(39-29)24-10-14-25(15-11-24)31(32,33)34/h5-12,14-16,18,27H,4,13,17,19H2,1-3H3/t27-/m1/s1. The van der Waals surface area contributed by atoms with E-state index in [1.807, 2.05) is 55.5 Å². The van der Waals surface area contributed by atoms with Crippen LogP contribution >= 0.6 is 0 Å². The molecule has 0 bridgehead atoms. The Morgan fingerprint density at radius 2 is 1.72 bits per heavy atom. The van der Waals surface area contributed by atoms with Gasteiger partial charge in [0.15, 0.2) is 11.9 Å². The molecule has 0 radical (unpaired) electrons. The Bertz CT molecular complexity index is 1400. The summed E-state index contributed by atoms with van der Waals surface area (Å²) in [6, 6.07) is 20.2. The van der Waals surface area contributed by atoms with Crippen molar-refractivity contribution in [2.24, 2.45) is 0 Å². The summed E-state index contributed by atoms with van der Waals surface area (Å²) < 4.78 is 56.5. The van der Waals surface area contributed by atoms with Crippen LogP contribution in [0.3, 0.4) is 0 Å². The Kier molecular flexibility index (Phi) is 8.74. The monoisotopic (exact) mass is 537 g/mol. The summed E-state index contributed by atoms with van der Waals surface area (Å²) in [6.45, 7) is 5.89. The number of benzene rings is 3. The molecule has 1 heterocycles. The Morgan fingerprint density at radius 3 is 2.36 bits per heavy atom. The maximum absolute atomic E-state index is 13.0. The molecule has 0 N–H and O–H groups in total. The van der Waals surface area contributed by atoms with Gasteiger partial charge in [-0.25, -0.2) is 4.98 Å². The van der Waals surface area contributed by atoms with E-state index in [2.05, 4.69) is 4.98 Å². The Labute approximate surface area is 225 Å². The molecule has 1 aromatic heterocycles. The van der Waals surface area contributed by atoms with Crippen LogP contribution < -0.4 is 4.74 Å². The minimum Gasteiger partial charge on any atom is -0.482 e. The molecule has 5 nitrogen and oxygen atoms in total. The molecule has 0 spiro atoms. The number of aromatic nitrogens is 1. The molecule has 8 heteroatoms. The van der Waals surface area contributed by atoms with Gasteiger partial charge in [0.1, 0.15) is 5.75 Å². The molecule has 0 aliphatic heterocycles. The molecule has 0 unspecified atom stereocenters.